The van der Waals surface area contributed by atoms with Crippen LogP contribution in [0.15, 0.2) is 41.3 Å². The van der Waals surface area contributed by atoms with E-state index in [1.807, 2.05) is 6.92 Å². The first-order valence-electron chi connectivity index (χ1n) is 7.16. The van der Waals surface area contributed by atoms with Crippen molar-refractivity contribution in [1.82, 2.24) is 4.72 Å². The van der Waals surface area contributed by atoms with Crippen LogP contribution in [-0.4, -0.2) is 20.1 Å². The number of aromatic hydroxyl groups is 1. The van der Waals surface area contributed by atoms with Crippen molar-refractivity contribution in [1.29, 1.82) is 0 Å². The summed E-state index contributed by atoms with van der Waals surface area (Å²) in [6.45, 7) is 3.78. The summed E-state index contributed by atoms with van der Waals surface area (Å²) >= 11 is 0. The fourth-order valence-electron chi connectivity index (χ4n) is 1.99. The number of ether oxygens (including phenoxy) is 1. The molecule has 23 heavy (non-hydrogen) atoms. The van der Waals surface area contributed by atoms with Crippen LogP contribution >= 0.6 is 0 Å². The van der Waals surface area contributed by atoms with E-state index >= 15 is 0 Å². The average Bonchev–Trinajstić information content (AvgIpc) is 2.50. The van der Waals surface area contributed by atoms with E-state index in [1.165, 1.54) is 24.3 Å². The lowest BCUT2D eigenvalue weighted by molar-refractivity contribution is 0.395. The van der Waals surface area contributed by atoms with Gasteiger partial charge in [0.2, 0.25) is 10.0 Å². The predicted octanol–water partition coefficient (Wildman–Crippen LogP) is 3.18. The molecular weight excluding hydrogens is 321 g/mol. The van der Waals surface area contributed by atoms with E-state index in [4.69, 9.17) is 4.74 Å². The smallest absolute Gasteiger partial charge is 0.240 e. The van der Waals surface area contributed by atoms with Crippen molar-refractivity contribution in [3.8, 4) is 17.2 Å². The fraction of sp³-hybridized carbons (Fsp3) is 0.250. The molecule has 0 radical (unpaired) electrons. The molecule has 7 heteroatoms. The molecule has 2 N–H and O–H groups in total. The Labute approximate surface area is 134 Å². The van der Waals surface area contributed by atoms with Gasteiger partial charge in [-0.1, -0.05) is 19.9 Å². The van der Waals surface area contributed by atoms with Gasteiger partial charge in [0.25, 0.3) is 0 Å². The molecule has 0 saturated carbocycles. The highest BCUT2D eigenvalue weighted by molar-refractivity contribution is 7.89. The summed E-state index contributed by atoms with van der Waals surface area (Å²) in [6, 6.07) is 8.18. The van der Waals surface area contributed by atoms with E-state index in [0.717, 1.165) is 18.1 Å². The molecule has 0 spiro atoms. The summed E-state index contributed by atoms with van der Waals surface area (Å²) in [4.78, 5) is -0.185. The molecule has 2 rings (SSSR count). The fourth-order valence-corrected chi connectivity index (χ4v) is 3.05. The van der Waals surface area contributed by atoms with Gasteiger partial charge in [0, 0.05) is 6.54 Å². The van der Waals surface area contributed by atoms with E-state index in [0.29, 0.717) is 0 Å². The normalized spacial score (nSPS) is 11.4. The third kappa shape index (κ3) is 4.00. The minimum atomic E-state index is -3.73. The van der Waals surface area contributed by atoms with Gasteiger partial charge in [-0.2, -0.15) is 0 Å². The lowest BCUT2D eigenvalue weighted by Gasteiger charge is -2.11. The van der Waals surface area contributed by atoms with Gasteiger partial charge in [0.15, 0.2) is 23.1 Å². The quantitative estimate of drug-likeness (QED) is 0.847. The van der Waals surface area contributed by atoms with Crippen LogP contribution in [0.4, 0.5) is 4.39 Å². The SMILES string of the molecule is CCNS(=O)(=O)c1ccc(Oc2ccc(CC)cc2O)c(F)c1. The highest BCUT2D eigenvalue weighted by Crippen LogP contribution is 2.33. The number of halogens is 1. The Morgan fingerprint density at radius 2 is 1.83 bits per heavy atom. The van der Waals surface area contributed by atoms with Crippen molar-refractivity contribution in [2.24, 2.45) is 0 Å². The molecule has 2 aromatic carbocycles. The molecule has 2 aromatic rings. The zero-order valence-electron chi connectivity index (χ0n) is 12.8. The zero-order chi connectivity index (χ0) is 17.0. The first-order valence-corrected chi connectivity index (χ1v) is 8.64. The molecule has 0 atom stereocenters. The molecule has 0 aromatic heterocycles. The minimum Gasteiger partial charge on any atom is -0.504 e. The molecule has 0 bridgehead atoms. The molecule has 0 fully saturated rings. The number of rotatable bonds is 6. The van der Waals surface area contributed by atoms with Crippen LogP contribution in [0.25, 0.3) is 0 Å². The number of nitrogens with one attached hydrogen (secondary N) is 1. The summed E-state index contributed by atoms with van der Waals surface area (Å²) in [5.41, 5.74) is 0.919. The van der Waals surface area contributed by atoms with Gasteiger partial charge < -0.3 is 9.84 Å². The Morgan fingerprint density at radius 3 is 2.39 bits per heavy atom. The number of hydrogen-bond acceptors (Lipinski definition) is 4. The average molecular weight is 339 g/mol. The van der Waals surface area contributed by atoms with Gasteiger partial charge in [-0.05, 0) is 42.3 Å². The first kappa shape index (κ1) is 17.2. The largest absolute Gasteiger partial charge is 0.504 e. The van der Waals surface area contributed by atoms with E-state index in [-0.39, 0.29) is 28.7 Å². The molecule has 5 nitrogen and oxygen atoms in total. The number of phenols is 1. The molecule has 0 aliphatic heterocycles. The second kappa shape index (κ2) is 6.97. The standard InChI is InChI=1S/C16H18FNO4S/c1-3-11-5-7-16(14(19)9-11)22-15-8-6-12(10-13(15)17)23(20,21)18-4-2/h5-10,18-19H,3-4H2,1-2H3. The van der Waals surface area contributed by atoms with Gasteiger partial charge in [0.05, 0.1) is 4.90 Å². The van der Waals surface area contributed by atoms with Crippen LogP contribution in [0, 0.1) is 5.82 Å². The summed E-state index contributed by atoms with van der Waals surface area (Å²) in [6.07, 6.45) is 0.749. The van der Waals surface area contributed by atoms with Crippen LogP contribution in [0.5, 0.6) is 17.2 Å². The number of hydrogen-bond donors (Lipinski definition) is 2. The second-order valence-electron chi connectivity index (χ2n) is 4.85. The van der Waals surface area contributed by atoms with Gasteiger partial charge >= 0.3 is 0 Å². The maximum atomic E-state index is 14.1. The molecule has 0 aliphatic carbocycles. The molecule has 0 unspecified atom stereocenters. The molecule has 0 amide bonds. The predicted molar refractivity (Wildman–Crippen MR) is 84.8 cm³/mol. The van der Waals surface area contributed by atoms with Crippen molar-refractivity contribution >= 4 is 10.0 Å². The lowest BCUT2D eigenvalue weighted by Crippen LogP contribution is -2.23. The molecule has 0 heterocycles. The molecule has 0 aliphatic rings. The van der Waals surface area contributed by atoms with Crippen LogP contribution < -0.4 is 9.46 Å². The Balaban J connectivity index is 2.29. The second-order valence-corrected chi connectivity index (χ2v) is 6.62. The van der Waals surface area contributed by atoms with Crippen molar-refractivity contribution in [3.63, 3.8) is 0 Å². The Morgan fingerprint density at radius 1 is 1.13 bits per heavy atom. The van der Waals surface area contributed by atoms with E-state index in [9.17, 15) is 17.9 Å². The van der Waals surface area contributed by atoms with Crippen LogP contribution in [0.2, 0.25) is 0 Å². The number of benzene rings is 2. The molecule has 124 valence electrons. The zero-order valence-corrected chi connectivity index (χ0v) is 13.7. The Bertz CT molecular complexity index is 806. The van der Waals surface area contributed by atoms with Crippen LogP contribution in [0.3, 0.4) is 0 Å². The lowest BCUT2D eigenvalue weighted by atomic mass is 10.1. The van der Waals surface area contributed by atoms with Gasteiger partial charge in [-0.25, -0.2) is 17.5 Å². The Kier molecular flexibility index (Phi) is 5.23. The highest BCUT2D eigenvalue weighted by atomic mass is 32.2. The maximum Gasteiger partial charge on any atom is 0.240 e. The molecular formula is C16H18FNO4S. The van der Waals surface area contributed by atoms with Crippen molar-refractivity contribution in [2.45, 2.75) is 25.2 Å². The van der Waals surface area contributed by atoms with Crippen molar-refractivity contribution in [2.75, 3.05) is 6.54 Å². The van der Waals surface area contributed by atoms with Gasteiger partial charge in [0.1, 0.15) is 0 Å². The van der Waals surface area contributed by atoms with Gasteiger partial charge in [-0.3, -0.25) is 0 Å². The van der Waals surface area contributed by atoms with Gasteiger partial charge in [-0.15, -0.1) is 0 Å². The summed E-state index contributed by atoms with van der Waals surface area (Å²) < 4.78 is 45.3. The topological polar surface area (TPSA) is 75.6 Å². The van der Waals surface area contributed by atoms with E-state index < -0.39 is 15.8 Å². The third-order valence-corrected chi connectivity index (χ3v) is 4.74. The first-order chi connectivity index (χ1) is 10.9. The number of aryl methyl sites for hydroxylation is 1. The number of phenolic OH excluding ortho intramolecular Hbond substituents is 1. The minimum absolute atomic E-state index is 0.100. The number of sulfonamides is 1. The van der Waals surface area contributed by atoms with Crippen molar-refractivity contribution in [3.05, 3.63) is 47.8 Å². The maximum absolute atomic E-state index is 14.1. The summed E-state index contributed by atoms with van der Waals surface area (Å²) in [5.74, 6) is -1.00. The van der Waals surface area contributed by atoms with E-state index in [2.05, 4.69) is 4.72 Å². The Hall–Kier alpha value is -2.12. The van der Waals surface area contributed by atoms with Crippen molar-refractivity contribution < 1.29 is 22.7 Å². The van der Waals surface area contributed by atoms with Crippen LogP contribution in [0.1, 0.15) is 19.4 Å². The van der Waals surface area contributed by atoms with E-state index in [1.54, 1.807) is 13.0 Å². The molecule has 0 saturated heterocycles. The van der Waals surface area contributed by atoms with Crippen LogP contribution in [-0.2, 0) is 16.4 Å². The third-order valence-electron chi connectivity index (χ3n) is 3.20. The summed E-state index contributed by atoms with van der Waals surface area (Å²) in [5, 5.41) is 9.88. The summed E-state index contributed by atoms with van der Waals surface area (Å²) in [7, 11) is -3.73. The monoisotopic (exact) mass is 339 g/mol. The highest BCUT2D eigenvalue weighted by Gasteiger charge is 2.16.